The smallest absolute Gasteiger partial charge is 0.387 e. The fraction of sp³-hybridized carbons (Fsp3) is 0.350. The van der Waals surface area contributed by atoms with Crippen LogP contribution in [0.2, 0.25) is 0 Å². The predicted octanol–water partition coefficient (Wildman–Crippen LogP) is 3.80. The second-order valence-electron chi connectivity index (χ2n) is 6.26. The number of carbonyl (C=O) groups is 2. The average molecular weight is 426 g/mol. The van der Waals surface area contributed by atoms with Gasteiger partial charge in [0.05, 0.1) is 13.2 Å². The Labute approximate surface area is 171 Å². The van der Waals surface area contributed by atoms with E-state index in [1.165, 1.54) is 31.5 Å². The van der Waals surface area contributed by atoms with Crippen LogP contribution in [0.3, 0.4) is 0 Å². The molecule has 30 heavy (non-hydrogen) atoms. The Morgan fingerprint density at radius 2 is 2.00 bits per heavy atom. The number of pyridine rings is 1. The van der Waals surface area contributed by atoms with Gasteiger partial charge in [-0.1, -0.05) is 6.07 Å². The average Bonchev–Trinajstić information content (AvgIpc) is 3.14. The number of anilines is 1. The Hall–Kier alpha value is -3.14. The van der Waals surface area contributed by atoms with E-state index in [-0.39, 0.29) is 23.5 Å². The van der Waals surface area contributed by atoms with Gasteiger partial charge in [0, 0.05) is 18.0 Å². The minimum Gasteiger partial charge on any atom is -0.464 e. The molecule has 1 aromatic carbocycles. The molecule has 0 aliphatic carbocycles. The number of alkyl halides is 2. The molecule has 2 unspecified atom stereocenters. The van der Waals surface area contributed by atoms with Crippen LogP contribution in [0, 0.1) is 5.82 Å². The van der Waals surface area contributed by atoms with Crippen molar-refractivity contribution in [3.05, 3.63) is 54.1 Å². The number of aromatic nitrogens is 1. The minimum atomic E-state index is -2.91. The highest BCUT2D eigenvalue weighted by Crippen LogP contribution is 2.20. The van der Waals surface area contributed by atoms with Gasteiger partial charge in [-0.25, -0.2) is 14.2 Å². The lowest BCUT2D eigenvalue weighted by molar-refractivity contribution is -0.126. The molecule has 2 atom stereocenters. The van der Waals surface area contributed by atoms with Crippen molar-refractivity contribution in [2.45, 2.75) is 38.6 Å². The molecule has 0 radical (unpaired) electrons. The van der Waals surface area contributed by atoms with Crippen molar-refractivity contribution < 1.29 is 37.0 Å². The number of carbonyl (C=O) groups excluding carboxylic acids is 2. The Morgan fingerprint density at radius 1 is 1.23 bits per heavy atom. The van der Waals surface area contributed by atoms with E-state index >= 15 is 0 Å². The van der Waals surface area contributed by atoms with Crippen LogP contribution in [0.1, 0.15) is 30.3 Å². The standard InChI is InChI=1S/C13H16N2O4.C7H5F3O/c1-8-3-4-11(19-8)12(16)15-9-5-6-14-10(7-9)13(17)18-2;8-5-2-1-3-6(4-5)11-7(9)10/h5-8,11H,3-4H2,1-2H3,(H,14,15,16);1-4,7H. The molecule has 0 bridgehead atoms. The summed E-state index contributed by atoms with van der Waals surface area (Å²) in [6, 6.07) is 7.69. The normalized spacial score (nSPS) is 17.7. The van der Waals surface area contributed by atoms with Crippen LogP contribution >= 0.6 is 0 Å². The van der Waals surface area contributed by atoms with E-state index in [9.17, 15) is 22.8 Å². The molecule has 1 aliphatic rings. The summed E-state index contributed by atoms with van der Waals surface area (Å²) in [4.78, 5) is 27.1. The monoisotopic (exact) mass is 426 g/mol. The molecule has 10 heteroatoms. The van der Waals surface area contributed by atoms with Crippen LogP contribution in [0.5, 0.6) is 5.75 Å². The van der Waals surface area contributed by atoms with E-state index in [1.54, 1.807) is 6.07 Å². The van der Waals surface area contributed by atoms with Crippen molar-refractivity contribution in [2.75, 3.05) is 12.4 Å². The number of halogens is 3. The Bertz CT molecular complexity index is 866. The Kier molecular flexibility index (Phi) is 8.60. The molecule has 0 spiro atoms. The lowest BCUT2D eigenvalue weighted by Gasteiger charge is -2.11. The van der Waals surface area contributed by atoms with Gasteiger partial charge < -0.3 is 19.5 Å². The van der Waals surface area contributed by atoms with Gasteiger partial charge in [0.25, 0.3) is 5.91 Å². The molecule has 1 aromatic heterocycles. The number of methoxy groups -OCH3 is 1. The number of rotatable bonds is 5. The zero-order valence-electron chi connectivity index (χ0n) is 16.3. The third-order valence-corrected chi connectivity index (χ3v) is 3.97. The number of amides is 1. The van der Waals surface area contributed by atoms with E-state index in [0.717, 1.165) is 18.6 Å². The third-order valence-electron chi connectivity index (χ3n) is 3.97. The molecule has 1 saturated heterocycles. The van der Waals surface area contributed by atoms with Crippen molar-refractivity contribution in [3.8, 4) is 5.75 Å². The molecule has 2 heterocycles. The summed E-state index contributed by atoms with van der Waals surface area (Å²) in [6.45, 7) is -0.966. The molecule has 1 fully saturated rings. The second-order valence-corrected chi connectivity index (χ2v) is 6.26. The van der Waals surface area contributed by atoms with Gasteiger partial charge in [-0.15, -0.1) is 0 Å². The maximum Gasteiger partial charge on any atom is 0.387 e. The fourth-order valence-electron chi connectivity index (χ4n) is 2.59. The number of benzene rings is 1. The van der Waals surface area contributed by atoms with Crippen LogP contribution in [-0.2, 0) is 14.3 Å². The lowest BCUT2D eigenvalue weighted by Crippen LogP contribution is -2.27. The van der Waals surface area contributed by atoms with Crippen molar-refractivity contribution in [2.24, 2.45) is 0 Å². The van der Waals surface area contributed by atoms with Gasteiger partial charge in [0.1, 0.15) is 23.4 Å². The zero-order chi connectivity index (χ0) is 22.1. The summed E-state index contributed by atoms with van der Waals surface area (Å²) < 4.78 is 49.3. The molecule has 1 aliphatic heterocycles. The summed E-state index contributed by atoms with van der Waals surface area (Å²) in [5.74, 6) is -1.50. The van der Waals surface area contributed by atoms with E-state index in [4.69, 9.17) is 4.74 Å². The molecular weight excluding hydrogens is 405 g/mol. The summed E-state index contributed by atoms with van der Waals surface area (Å²) >= 11 is 0. The maximum atomic E-state index is 12.3. The first-order chi connectivity index (χ1) is 14.3. The Morgan fingerprint density at radius 3 is 2.60 bits per heavy atom. The topological polar surface area (TPSA) is 86.8 Å². The largest absolute Gasteiger partial charge is 0.464 e. The lowest BCUT2D eigenvalue weighted by atomic mass is 10.2. The van der Waals surface area contributed by atoms with Gasteiger partial charge in [0.2, 0.25) is 0 Å². The van der Waals surface area contributed by atoms with Crippen LogP contribution < -0.4 is 10.1 Å². The number of nitrogens with zero attached hydrogens (tertiary/aromatic N) is 1. The summed E-state index contributed by atoms with van der Waals surface area (Å²) in [7, 11) is 1.28. The highest BCUT2D eigenvalue weighted by molar-refractivity contribution is 5.95. The van der Waals surface area contributed by atoms with Crippen LogP contribution in [0.25, 0.3) is 0 Å². The number of ether oxygens (including phenoxy) is 3. The zero-order valence-corrected chi connectivity index (χ0v) is 16.3. The van der Waals surface area contributed by atoms with E-state index in [0.29, 0.717) is 12.1 Å². The molecule has 0 saturated carbocycles. The molecule has 1 N–H and O–H groups in total. The molecule has 3 rings (SSSR count). The van der Waals surface area contributed by atoms with Crippen LogP contribution in [-0.4, -0.2) is 42.8 Å². The fourth-order valence-corrected chi connectivity index (χ4v) is 2.59. The predicted molar refractivity (Wildman–Crippen MR) is 101 cm³/mol. The van der Waals surface area contributed by atoms with E-state index < -0.39 is 24.5 Å². The van der Waals surface area contributed by atoms with E-state index in [2.05, 4.69) is 19.8 Å². The highest BCUT2D eigenvalue weighted by Gasteiger charge is 2.28. The van der Waals surface area contributed by atoms with Crippen LogP contribution in [0.4, 0.5) is 18.9 Å². The number of hydrogen-bond acceptors (Lipinski definition) is 6. The maximum absolute atomic E-state index is 12.3. The first-order valence-corrected chi connectivity index (χ1v) is 8.99. The van der Waals surface area contributed by atoms with Crippen molar-refractivity contribution in [1.29, 1.82) is 0 Å². The number of hydrogen-bond donors (Lipinski definition) is 1. The molecular formula is C20H21F3N2O5. The van der Waals surface area contributed by atoms with Gasteiger partial charge in [0.15, 0.2) is 0 Å². The second kappa shape index (κ2) is 11.1. The van der Waals surface area contributed by atoms with Gasteiger partial charge in [-0.2, -0.15) is 8.78 Å². The van der Waals surface area contributed by atoms with Crippen molar-refractivity contribution >= 4 is 17.6 Å². The van der Waals surface area contributed by atoms with Gasteiger partial charge in [-0.05, 0) is 44.0 Å². The highest BCUT2D eigenvalue weighted by atomic mass is 19.3. The van der Waals surface area contributed by atoms with Crippen molar-refractivity contribution in [3.63, 3.8) is 0 Å². The third kappa shape index (κ3) is 7.36. The molecule has 162 valence electrons. The van der Waals surface area contributed by atoms with E-state index in [1.807, 2.05) is 6.92 Å². The first-order valence-electron chi connectivity index (χ1n) is 8.99. The Balaban J connectivity index is 0.000000248. The number of esters is 1. The SMILES string of the molecule is COC(=O)c1cc(NC(=O)C2CCC(C)O2)ccn1.Fc1cccc(OC(F)F)c1. The molecule has 7 nitrogen and oxygen atoms in total. The summed E-state index contributed by atoms with van der Waals surface area (Å²) in [5.41, 5.74) is 0.657. The quantitative estimate of drug-likeness (QED) is 0.732. The van der Waals surface area contributed by atoms with Crippen LogP contribution in [0.15, 0.2) is 42.6 Å². The van der Waals surface area contributed by atoms with Gasteiger partial charge >= 0.3 is 12.6 Å². The van der Waals surface area contributed by atoms with Crippen molar-refractivity contribution in [1.82, 2.24) is 4.98 Å². The summed E-state index contributed by atoms with van der Waals surface area (Å²) in [6.07, 6.45) is 2.72. The minimum absolute atomic E-state index is 0.110. The summed E-state index contributed by atoms with van der Waals surface area (Å²) in [5, 5.41) is 2.71. The van der Waals surface area contributed by atoms with Gasteiger partial charge in [-0.3, -0.25) is 4.79 Å². The first kappa shape index (κ1) is 23.1. The number of nitrogens with one attached hydrogen (secondary N) is 1. The molecule has 2 aromatic rings. The molecule has 1 amide bonds.